The summed E-state index contributed by atoms with van der Waals surface area (Å²) in [7, 11) is 1.15. The summed E-state index contributed by atoms with van der Waals surface area (Å²) >= 11 is 0. The Kier molecular flexibility index (Phi) is 4.26. The molecule has 0 unspecified atom stereocenters. The van der Waals surface area contributed by atoms with E-state index in [9.17, 15) is 26.7 Å². The molecule has 0 aliphatic rings. The summed E-state index contributed by atoms with van der Waals surface area (Å²) in [5.41, 5.74) is -0.789. The molecule has 18 heavy (non-hydrogen) atoms. The van der Waals surface area contributed by atoms with E-state index in [0.717, 1.165) is 24.1 Å². The monoisotopic (exact) mass is 267 g/mol. The van der Waals surface area contributed by atoms with Crippen LogP contribution in [0.1, 0.15) is 16.8 Å². The molecule has 0 saturated heterocycles. The van der Waals surface area contributed by atoms with Crippen LogP contribution in [0.4, 0.5) is 27.6 Å². The minimum atomic E-state index is -4.40. The molecule has 0 spiro atoms. The van der Waals surface area contributed by atoms with Crippen LogP contribution in [0.15, 0.2) is 12.1 Å². The second-order valence-corrected chi connectivity index (χ2v) is 3.74. The zero-order valence-corrected chi connectivity index (χ0v) is 9.39. The molecule has 2 nitrogen and oxygen atoms in total. The van der Waals surface area contributed by atoms with Gasteiger partial charge in [-0.05, 0) is 12.1 Å². The molecule has 0 amide bonds. The number of hydrogen-bond donors (Lipinski definition) is 0. The average molecular weight is 267 g/mol. The van der Waals surface area contributed by atoms with Crippen LogP contribution in [0.3, 0.4) is 0 Å². The molecule has 1 aromatic carbocycles. The number of alkyl halides is 3. The van der Waals surface area contributed by atoms with E-state index in [1.54, 1.807) is 0 Å². The van der Waals surface area contributed by atoms with E-state index >= 15 is 0 Å². The van der Waals surface area contributed by atoms with Crippen LogP contribution in [0.5, 0.6) is 0 Å². The van der Waals surface area contributed by atoms with Gasteiger partial charge in [0, 0.05) is 19.2 Å². The van der Waals surface area contributed by atoms with Crippen LogP contribution >= 0.6 is 0 Å². The van der Waals surface area contributed by atoms with Crippen molar-refractivity contribution in [2.45, 2.75) is 12.6 Å². The molecule has 7 heteroatoms. The van der Waals surface area contributed by atoms with Gasteiger partial charge in [-0.3, -0.25) is 4.79 Å². The number of aldehydes is 1. The maximum atomic E-state index is 13.4. The van der Waals surface area contributed by atoms with Crippen molar-refractivity contribution in [1.29, 1.82) is 0 Å². The topological polar surface area (TPSA) is 20.3 Å². The third-order valence-corrected chi connectivity index (χ3v) is 2.29. The number of carbonyl (C=O) groups excluding carboxylic acids is 1. The molecule has 100 valence electrons. The average Bonchev–Trinajstić information content (AvgIpc) is 2.24. The lowest BCUT2D eigenvalue weighted by atomic mass is 10.2. The van der Waals surface area contributed by atoms with Crippen molar-refractivity contribution in [2.24, 2.45) is 0 Å². The van der Waals surface area contributed by atoms with Gasteiger partial charge in [0.1, 0.15) is 23.6 Å². The van der Waals surface area contributed by atoms with Crippen LogP contribution in [0.2, 0.25) is 0 Å². The fourth-order valence-electron chi connectivity index (χ4n) is 1.42. The molecule has 0 N–H and O–H groups in total. The molecular weight excluding hydrogens is 257 g/mol. The van der Waals surface area contributed by atoms with Gasteiger partial charge in [0.25, 0.3) is 0 Å². The molecule has 0 radical (unpaired) electrons. The van der Waals surface area contributed by atoms with Gasteiger partial charge in [-0.1, -0.05) is 0 Å². The summed E-state index contributed by atoms with van der Waals surface area (Å²) in [6.07, 6.45) is -5.33. The number of anilines is 1. The summed E-state index contributed by atoms with van der Waals surface area (Å²) in [6.45, 7) is -0.572. The second kappa shape index (κ2) is 5.32. The van der Waals surface area contributed by atoms with Gasteiger partial charge in [-0.2, -0.15) is 13.2 Å². The Balaban J connectivity index is 2.92. The van der Waals surface area contributed by atoms with Crippen LogP contribution < -0.4 is 4.90 Å². The van der Waals surface area contributed by atoms with E-state index < -0.39 is 36.5 Å². The highest BCUT2D eigenvalue weighted by molar-refractivity contribution is 5.76. The first kappa shape index (κ1) is 14.4. The predicted molar refractivity (Wildman–Crippen MR) is 55.7 cm³/mol. The van der Waals surface area contributed by atoms with Gasteiger partial charge in [0.05, 0.1) is 6.42 Å². The Morgan fingerprint density at radius 2 is 1.72 bits per heavy atom. The lowest BCUT2D eigenvalue weighted by Crippen LogP contribution is -2.25. The fraction of sp³-hybridized carbons (Fsp3) is 0.364. The maximum absolute atomic E-state index is 13.4. The van der Waals surface area contributed by atoms with E-state index in [1.807, 2.05) is 0 Å². The lowest BCUT2D eigenvalue weighted by molar-refractivity contribution is -0.132. The van der Waals surface area contributed by atoms with Gasteiger partial charge in [-0.25, -0.2) is 8.78 Å². The molecular formula is C11H10F5NO. The molecule has 0 aliphatic carbocycles. The quantitative estimate of drug-likeness (QED) is 0.617. The Hall–Kier alpha value is -1.66. The van der Waals surface area contributed by atoms with E-state index in [4.69, 9.17) is 0 Å². The van der Waals surface area contributed by atoms with Crippen LogP contribution in [-0.2, 0) is 0 Å². The van der Waals surface area contributed by atoms with E-state index in [2.05, 4.69) is 0 Å². The molecule has 0 heterocycles. The first-order valence-corrected chi connectivity index (χ1v) is 4.96. The van der Waals surface area contributed by atoms with Gasteiger partial charge in [-0.15, -0.1) is 0 Å². The van der Waals surface area contributed by atoms with E-state index in [1.165, 1.54) is 0 Å². The van der Waals surface area contributed by atoms with Crippen molar-refractivity contribution >= 4 is 12.0 Å². The van der Waals surface area contributed by atoms with Gasteiger partial charge < -0.3 is 4.90 Å². The third kappa shape index (κ3) is 3.68. The number of hydrogen-bond acceptors (Lipinski definition) is 2. The fourth-order valence-corrected chi connectivity index (χ4v) is 1.42. The molecule has 1 aromatic rings. The molecule has 1 rings (SSSR count). The highest BCUT2D eigenvalue weighted by Gasteiger charge is 2.28. The minimum absolute atomic E-state index is 0.210. The van der Waals surface area contributed by atoms with Crippen molar-refractivity contribution in [3.63, 3.8) is 0 Å². The van der Waals surface area contributed by atoms with Gasteiger partial charge >= 0.3 is 6.18 Å². The number of benzene rings is 1. The number of carbonyl (C=O) groups is 1. The molecule has 0 atom stereocenters. The summed E-state index contributed by atoms with van der Waals surface area (Å²) in [5.74, 6) is -2.14. The van der Waals surface area contributed by atoms with Gasteiger partial charge in [0.15, 0.2) is 0 Å². The van der Waals surface area contributed by atoms with Crippen LogP contribution in [0, 0.1) is 11.6 Å². The Morgan fingerprint density at radius 1 is 1.22 bits per heavy atom. The van der Waals surface area contributed by atoms with Crippen molar-refractivity contribution in [3.8, 4) is 0 Å². The van der Waals surface area contributed by atoms with Crippen molar-refractivity contribution in [1.82, 2.24) is 0 Å². The second-order valence-electron chi connectivity index (χ2n) is 3.74. The van der Waals surface area contributed by atoms with Crippen LogP contribution in [-0.4, -0.2) is 26.1 Å². The smallest absolute Gasteiger partial charge is 0.370 e. The number of nitrogens with zero attached hydrogens (tertiary/aromatic N) is 1. The number of halogens is 5. The first-order valence-electron chi connectivity index (χ1n) is 4.96. The minimum Gasteiger partial charge on any atom is -0.370 e. The summed E-state index contributed by atoms with van der Waals surface area (Å²) in [5, 5.41) is 0. The normalized spacial score (nSPS) is 11.4. The SMILES string of the molecule is CN(CCC(F)(F)F)c1c(F)cc(C=O)cc1F. The molecule has 0 saturated carbocycles. The Bertz CT molecular complexity index is 421. The van der Waals surface area contributed by atoms with Crippen LogP contribution in [0.25, 0.3) is 0 Å². The zero-order valence-electron chi connectivity index (χ0n) is 9.39. The lowest BCUT2D eigenvalue weighted by Gasteiger charge is -2.21. The molecule has 0 aliphatic heterocycles. The van der Waals surface area contributed by atoms with Crippen molar-refractivity contribution in [3.05, 3.63) is 29.3 Å². The van der Waals surface area contributed by atoms with Crippen molar-refractivity contribution < 1.29 is 26.7 Å². The Morgan fingerprint density at radius 3 is 2.11 bits per heavy atom. The molecule has 0 aromatic heterocycles. The van der Waals surface area contributed by atoms with Gasteiger partial charge in [0.2, 0.25) is 0 Å². The standard InChI is InChI=1S/C11H10F5NO/c1-17(3-2-11(14,15)16)10-8(12)4-7(6-18)5-9(10)13/h4-6H,2-3H2,1H3. The molecule has 0 bridgehead atoms. The maximum Gasteiger partial charge on any atom is 0.390 e. The van der Waals surface area contributed by atoms with E-state index in [0.29, 0.717) is 0 Å². The summed E-state index contributed by atoms with van der Waals surface area (Å²) < 4.78 is 62.9. The summed E-state index contributed by atoms with van der Waals surface area (Å²) in [4.78, 5) is 11.2. The largest absolute Gasteiger partial charge is 0.390 e. The van der Waals surface area contributed by atoms with E-state index in [-0.39, 0.29) is 11.8 Å². The first-order chi connectivity index (χ1) is 8.24. The Labute approximate surface area is 100 Å². The highest BCUT2D eigenvalue weighted by atomic mass is 19.4. The van der Waals surface area contributed by atoms with Crippen molar-refractivity contribution in [2.75, 3.05) is 18.5 Å². The zero-order chi connectivity index (χ0) is 13.9. The highest BCUT2D eigenvalue weighted by Crippen LogP contribution is 2.26. The number of rotatable bonds is 4. The third-order valence-electron chi connectivity index (χ3n) is 2.29. The summed E-state index contributed by atoms with van der Waals surface area (Å²) in [6, 6.07) is 1.55. The predicted octanol–water partition coefficient (Wildman–Crippen LogP) is 3.17. The molecule has 0 fully saturated rings.